The van der Waals surface area contributed by atoms with Gasteiger partial charge >= 0.3 is 0 Å². The molecule has 0 spiro atoms. The van der Waals surface area contributed by atoms with E-state index < -0.39 is 0 Å². The lowest BCUT2D eigenvalue weighted by molar-refractivity contribution is 0.0938. The summed E-state index contributed by atoms with van der Waals surface area (Å²) in [7, 11) is 0. The molecule has 3 heteroatoms. The molecular formula is C25H27NOS. The molecule has 3 aromatic rings. The number of carbonyl (C=O) groups is 1. The zero-order valence-electron chi connectivity index (χ0n) is 16.5. The largest absolute Gasteiger partial charge is 0.350 e. The standard InChI is InChI=1S/C25H27NOS/c1-19-8-16-24(17-9-19)28-18-22-12-14-23(15-13-22)25(27)26-20(2)10-11-21-6-4-3-5-7-21/h3-9,12-17,20H,10-11,18H2,1-2H3,(H,26,27)/t20-/m0/s1. The molecule has 28 heavy (non-hydrogen) atoms. The van der Waals surface area contributed by atoms with Crippen LogP contribution in [0.5, 0.6) is 0 Å². The van der Waals surface area contributed by atoms with Crippen LogP contribution >= 0.6 is 11.8 Å². The zero-order chi connectivity index (χ0) is 19.8. The second-order valence-corrected chi connectivity index (χ2v) is 8.25. The van der Waals surface area contributed by atoms with Gasteiger partial charge in [-0.05, 0) is 62.1 Å². The van der Waals surface area contributed by atoms with E-state index in [-0.39, 0.29) is 11.9 Å². The van der Waals surface area contributed by atoms with Crippen LogP contribution in [0.25, 0.3) is 0 Å². The SMILES string of the molecule is Cc1ccc(SCc2ccc(C(=O)N[C@@H](C)CCc3ccccc3)cc2)cc1. The van der Waals surface area contributed by atoms with Crippen LogP contribution in [-0.4, -0.2) is 11.9 Å². The molecule has 1 N–H and O–H groups in total. The third-order valence-electron chi connectivity index (χ3n) is 4.73. The Balaban J connectivity index is 1.46. The quantitative estimate of drug-likeness (QED) is 0.476. The maximum Gasteiger partial charge on any atom is 0.251 e. The first-order valence-corrected chi connectivity index (χ1v) is 10.7. The minimum Gasteiger partial charge on any atom is -0.350 e. The summed E-state index contributed by atoms with van der Waals surface area (Å²) in [5.41, 5.74) is 4.52. The Hall–Kier alpha value is -2.52. The van der Waals surface area contributed by atoms with Gasteiger partial charge in [-0.15, -0.1) is 11.8 Å². The molecule has 0 saturated heterocycles. The highest BCUT2D eigenvalue weighted by Crippen LogP contribution is 2.23. The van der Waals surface area contributed by atoms with Crippen molar-refractivity contribution in [1.29, 1.82) is 0 Å². The minimum absolute atomic E-state index is 0.00157. The van der Waals surface area contributed by atoms with Crippen molar-refractivity contribution in [2.45, 2.75) is 43.4 Å². The second-order valence-electron chi connectivity index (χ2n) is 7.20. The predicted octanol–water partition coefficient (Wildman–Crippen LogP) is 6.04. The minimum atomic E-state index is -0.00157. The average Bonchev–Trinajstić information content (AvgIpc) is 2.73. The van der Waals surface area contributed by atoms with Crippen molar-refractivity contribution in [2.24, 2.45) is 0 Å². The molecule has 3 aromatic carbocycles. The lowest BCUT2D eigenvalue weighted by atomic mass is 10.1. The van der Waals surface area contributed by atoms with Gasteiger partial charge in [-0.25, -0.2) is 0 Å². The third kappa shape index (κ3) is 6.28. The van der Waals surface area contributed by atoms with Gasteiger partial charge in [0.05, 0.1) is 0 Å². The van der Waals surface area contributed by atoms with Crippen molar-refractivity contribution >= 4 is 17.7 Å². The van der Waals surface area contributed by atoms with Gasteiger partial charge in [-0.1, -0.05) is 60.2 Å². The number of hydrogen-bond acceptors (Lipinski definition) is 2. The fraction of sp³-hybridized carbons (Fsp3) is 0.240. The van der Waals surface area contributed by atoms with Gasteiger partial charge in [-0.2, -0.15) is 0 Å². The number of carbonyl (C=O) groups excluding carboxylic acids is 1. The maximum absolute atomic E-state index is 12.5. The molecule has 3 rings (SSSR count). The van der Waals surface area contributed by atoms with Crippen LogP contribution < -0.4 is 5.32 Å². The Bertz CT molecular complexity index is 873. The van der Waals surface area contributed by atoms with Gasteiger partial charge in [-0.3, -0.25) is 4.79 Å². The molecular weight excluding hydrogens is 362 g/mol. The van der Waals surface area contributed by atoms with Crippen molar-refractivity contribution in [3.8, 4) is 0 Å². The Morgan fingerprint density at radius 3 is 2.25 bits per heavy atom. The number of rotatable bonds is 8. The van der Waals surface area contributed by atoms with Gasteiger partial charge in [0.1, 0.15) is 0 Å². The topological polar surface area (TPSA) is 29.1 Å². The molecule has 0 bridgehead atoms. The first kappa shape index (κ1) is 20.2. The van der Waals surface area contributed by atoms with E-state index in [4.69, 9.17) is 0 Å². The van der Waals surface area contributed by atoms with E-state index in [1.807, 2.05) is 42.1 Å². The van der Waals surface area contributed by atoms with E-state index in [1.165, 1.54) is 21.6 Å². The number of aryl methyl sites for hydroxylation is 2. The van der Waals surface area contributed by atoms with Crippen LogP contribution in [0.4, 0.5) is 0 Å². The summed E-state index contributed by atoms with van der Waals surface area (Å²) in [4.78, 5) is 13.7. The Morgan fingerprint density at radius 2 is 1.57 bits per heavy atom. The van der Waals surface area contributed by atoms with Crippen LogP contribution in [-0.2, 0) is 12.2 Å². The van der Waals surface area contributed by atoms with E-state index in [9.17, 15) is 4.79 Å². The zero-order valence-corrected chi connectivity index (χ0v) is 17.3. The van der Waals surface area contributed by atoms with Crippen LogP contribution in [0, 0.1) is 6.92 Å². The van der Waals surface area contributed by atoms with E-state index in [1.54, 1.807) is 0 Å². The summed E-state index contributed by atoms with van der Waals surface area (Å²) in [5.74, 6) is 0.900. The van der Waals surface area contributed by atoms with Crippen molar-refractivity contribution in [3.63, 3.8) is 0 Å². The first-order chi connectivity index (χ1) is 13.6. The molecule has 0 heterocycles. The van der Waals surface area contributed by atoms with Crippen molar-refractivity contribution in [2.75, 3.05) is 0 Å². The van der Waals surface area contributed by atoms with Gasteiger partial charge in [0.15, 0.2) is 0 Å². The van der Waals surface area contributed by atoms with Crippen molar-refractivity contribution in [3.05, 3.63) is 101 Å². The van der Waals surface area contributed by atoms with Gasteiger partial charge < -0.3 is 5.32 Å². The van der Waals surface area contributed by atoms with E-state index in [2.05, 4.69) is 67.7 Å². The number of thioether (sulfide) groups is 1. The Labute approximate surface area is 172 Å². The highest BCUT2D eigenvalue weighted by atomic mass is 32.2. The highest BCUT2D eigenvalue weighted by Gasteiger charge is 2.10. The van der Waals surface area contributed by atoms with Gasteiger partial charge in [0.2, 0.25) is 0 Å². The molecule has 2 nitrogen and oxygen atoms in total. The normalized spacial score (nSPS) is 11.8. The van der Waals surface area contributed by atoms with Crippen LogP contribution in [0.1, 0.15) is 40.4 Å². The summed E-state index contributed by atoms with van der Waals surface area (Å²) >= 11 is 1.81. The fourth-order valence-electron chi connectivity index (χ4n) is 2.96. The lowest BCUT2D eigenvalue weighted by Crippen LogP contribution is -2.32. The third-order valence-corrected chi connectivity index (χ3v) is 5.81. The molecule has 0 radical (unpaired) electrons. The highest BCUT2D eigenvalue weighted by molar-refractivity contribution is 7.98. The number of amides is 1. The Morgan fingerprint density at radius 1 is 0.893 bits per heavy atom. The summed E-state index contributed by atoms with van der Waals surface area (Å²) in [5, 5.41) is 3.10. The smallest absolute Gasteiger partial charge is 0.251 e. The lowest BCUT2D eigenvalue weighted by Gasteiger charge is -2.14. The predicted molar refractivity (Wildman–Crippen MR) is 119 cm³/mol. The van der Waals surface area contributed by atoms with E-state index in [0.717, 1.165) is 24.2 Å². The number of nitrogens with one attached hydrogen (secondary N) is 1. The molecule has 0 saturated carbocycles. The monoisotopic (exact) mass is 389 g/mol. The maximum atomic E-state index is 12.5. The Kier molecular flexibility index (Phi) is 7.32. The summed E-state index contributed by atoms with van der Waals surface area (Å²) < 4.78 is 0. The molecule has 0 unspecified atom stereocenters. The molecule has 0 aromatic heterocycles. The van der Waals surface area contributed by atoms with Crippen molar-refractivity contribution in [1.82, 2.24) is 5.32 Å². The number of hydrogen-bond donors (Lipinski definition) is 1. The molecule has 1 atom stereocenters. The molecule has 144 valence electrons. The molecule has 0 aliphatic heterocycles. The fourth-order valence-corrected chi connectivity index (χ4v) is 3.81. The summed E-state index contributed by atoms with van der Waals surface area (Å²) in [6.07, 6.45) is 1.90. The molecule has 0 aliphatic rings. The van der Waals surface area contributed by atoms with Crippen LogP contribution in [0.2, 0.25) is 0 Å². The van der Waals surface area contributed by atoms with Gasteiger partial charge in [0.25, 0.3) is 5.91 Å². The summed E-state index contributed by atoms with van der Waals surface area (Å²) in [6.45, 7) is 4.16. The number of benzene rings is 3. The molecule has 0 fully saturated rings. The van der Waals surface area contributed by atoms with E-state index in [0.29, 0.717) is 0 Å². The second kappa shape index (κ2) is 10.1. The van der Waals surface area contributed by atoms with Crippen molar-refractivity contribution < 1.29 is 4.79 Å². The summed E-state index contributed by atoms with van der Waals surface area (Å²) in [6, 6.07) is 27.0. The molecule has 1 amide bonds. The average molecular weight is 390 g/mol. The van der Waals surface area contributed by atoms with E-state index >= 15 is 0 Å². The first-order valence-electron chi connectivity index (χ1n) is 9.73. The van der Waals surface area contributed by atoms with Crippen LogP contribution in [0.15, 0.2) is 83.8 Å². The van der Waals surface area contributed by atoms with Gasteiger partial charge in [0, 0.05) is 22.3 Å². The molecule has 0 aliphatic carbocycles. The van der Waals surface area contributed by atoms with Crippen LogP contribution in [0.3, 0.4) is 0 Å².